The van der Waals surface area contributed by atoms with Crippen molar-refractivity contribution in [3.63, 3.8) is 0 Å². The van der Waals surface area contributed by atoms with Crippen LogP contribution in [0.3, 0.4) is 0 Å². The molecule has 6 nitrogen and oxygen atoms in total. The fourth-order valence-electron chi connectivity index (χ4n) is 3.79. The molecule has 2 N–H and O–H groups in total. The van der Waals surface area contributed by atoms with Crippen LogP contribution < -0.4 is 5.32 Å². The van der Waals surface area contributed by atoms with Crippen LogP contribution in [0.15, 0.2) is 16.8 Å². The minimum atomic E-state index is -5.08. The van der Waals surface area contributed by atoms with Gasteiger partial charge in [-0.05, 0) is 54.1 Å². The quantitative estimate of drug-likeness (QED) is 0.745. The van der Waals surface area contributed by atoms with E-state index in [1.165, 1.54) is 18.5 Å². The van der Waals surface area contributed by atoms with E-state index in [-0.39, 0.29) is 12.0 Å². The molecule has 3 fully saturated rings. The molecule has 0 spiro atoms. The maximum absolute atomic E-state index is 11.8. The average Bonchev–Trinajstić information content (AvgIpc) is 3.25. The summed E-state index contributed by atoms with van der Waals surface area (Å²) in [5.74, 6) is -0.974. The Bertz CT molecular complexity index is 694. The van der Waals surface area contributed by atoms with Gasteiger partial charge in [0.2, 0.25) is 5.91 Å². The third kappa shape index (κ3) is 6.42. The largest absolute Gasteiger partial charge is 0.490 e. The first-order chi connectivity index (χ1) is 13.7. The van der Waals surface area contributed by atoms with Crippen LogP contribution in [0.1, 0.15) is 24.8 Å². The Kier molecular flexibility index (Phi) is 7.18. The van der Waals surface area contributed by atoms with Crippen molar-refractivity contribution in [3.8, 4) is 0 Å². The van der Waals surface area contributed by atoms with E-state index in [9.17, 15) is 18.0 Å². The zero-order chi connectivity index (χ0) is 21.0. The minimum Gasteiger partial charge on any atom is -0.475 e. The van der Waals surface area contributed by atoms with Crippen LogP contribution in [-0.2, 0) is 20.9 Å². The van der Waals surface area contributed by atoms with E-state index < -0.39 is 12.1 Å². The number of likely N-dealkylation sites (tertiary alicyclic amines) is 1. The second kappa shape index (κ2) is 9.44. The Morgan fingerprint density at radius 2 is 2.03 bits per heavy atom. The SMILES string of the molecule is O=C(NC[C@H]1OC[C@@H]2CCN(Cc3ccsc3)C[C@@H]21)C1CC1.O=C(O)C(F)(F)F. The van der Waals surface area contributed by atoms with Crippen LogP contribution in [0.25, 0.3) is 0 Å². The highest BCUT2D eigenvalue weighted by molar-refractivity contribution is 7.07. The number of carbonyl (C=O) groups excluding carboxylic acids is 1. The molecule has 1 aliphatic carbocycles. The standard InChI is InChI=1S/C17H24N2O2S.C2HF3O2/c20-17(13-1-2-13)18-7-16-15-9-19(5-3-14(15)10-21-16)8-12-4-6-22-11-12;3-2(4,5)1(6)7/h4,6,11,13-16H,1-3,5,7-10H2,(H,18,20);(H,6,7)/t14-,15-,16+;/m0./s1. The van der Waals surface area contributed by atoms with Crippen molar-refractivity contribution in [1.29, 1.82) is 0 Å². The second-order valence-electron chi connectivity index (χ2n) is 7.77. The number of ether oxygens (including phenoxy) is 1. The molecule has 10 heteroatoms. The zero-order valence-electron chi connectivity index (χ0n) is 15.9. The molecule has 1 aromatic rings. The third-order valence-electron chi connectivity index (χ3n) is 5.55. The smallest absolute Gasteiger partial charge is 0.475 e. The summed E-state index contributed by atoms with van der Waals surface area (Å²) in [5.41, 5.74) is 1.42. The molecule has 2 saturated heterocycles. The van der Waals surface area contributed by atoms with Crippen LogP contribution in [0.4, 0.5) is 13.2 Å². The molecule has 1 aromatic heterocycles. The first-order valence-corrected chi connectivity index (χ1v) is 10.6. The lowest BCUT2D eigenvalue weighted by Crippen LogP contribution is -2.45. The van der Waals surface area contributed by atoms with Crippen molar-refractivity contribution >= 4 is 23.2 Å². The molecule has 4 rings (SSSR count). The number of nitrogens with one attached hydrogen (secondary N) is 1. The average molecular weight is 434 g/mol. The number of hydrogen-bond acceptors (Lipinski definition) is 5. The van der Waals surface area contributed by atoms with Gasteiger partial charge in [0, 0.05) is 31.5 Å². The Balaban J connectivity index is 0.000000298. The van der Waals surface area contributed by atoms with Gasteiger partial charge in [-0.2, -0.15) is 24.5 Å². The lowest BCUT2D eigenvalue weighted by Gasteiger charge is -2.36. The summed E-state index contributed by atoms with van der Waals surface area (Å²) in [6.07, 6.45) is -1.52. The predicted octanol–water partition coefficient (Wildman–Crippen LogP) is 2.74. The number of halogens is 3. The van der Waals surface area contributed by atoms with E-state index in [1.807, 2.05) is 0 Å². The predicted molar refractivity (Wildman–Crippen MR) is 100 cm³/mol. The first kappa shape index (κ1) is 22.0. The second-order valence-corrected chi connectivity index (χ2v) is 8.55. The Hall–Kier alpha value is -1.65. The molecular formula is C19H25F3N2O4S. The summed E-state index contributed by atoms with van der Waals surface area (Å²) in [6.45, 7) is 4.89. The van der Waals surface area contributed by atoms with Crippen LogP contribution in [-0.4, -0.2) is 60.4 Å². The molecule has 3 atom stereocenters. The topological polar surface area (TPSA) is 78.9 Å². The van der Waals surface area contributed by atoms with E-state index in [0.29, 0.717) is 24.3 Å². The summed E-state index contributed by atoms with van der Waals surface area (Å²) < 4.78 is 37.7. The lowest BCUT2D eigenvalue weighted by atomic mass is 9.84. The Morgan fingerprint density at radius 1 is 1.31 bits per heavy atom. The monoisotopic (exact) mass is 434 g/mol. The number of alkyl halides is 3. The van der Waals surface area contributed by atoms with Gasteiger partial charge in [-0.1, -0.05) is 0 Å². The molecule has 3 aliphatic rings. The Labute approximate surface area is 171 Å². The highest BCUT2D eigenvalue weighted by Gasteiger charge is 2.41. The number of aliphatic carboxylic acids is 1. The van der Waals surface area contributed by atoms with Crippen LogP contribution >= 0.6 is 11.3 Å². The number of rotatable bonds is 5. The number of hydrogen-bond donors (Lipinski definition) is 2. The van der Waals surface area contributed by atoms with E-state index in [4.69, 9.17) is 14.6 Å². The van der Waals surface area contributed by atoms with Gasteiger partial charge in [0.1, 0.15) is 0 Å². The van der Waals surface area contributed by atoms with Crippen LogP contribution in [0, 0.1) is 17.8 Å². The molecule has 2 aliphatic heterocycles. The fraction of sp³-hybridized carbons (Fsp3) is 0.684. The molecular weight excluding hydrogens is 409 g/mol. The number of nitrogens with zero attached hydrogens (tertiary/aromatic N) is 1. The van der Waals surface area contributed by atoms with Gasteiger partial charge < -0.3 is 15.2 Å². The summed E-state index contributed by atoms with van der Waals surface area (Å²) in [5, 5.41) is 14.6. The highest BCUT2D eigenvalue weighted by atomic mass is 32.1. The number of piperidine rings is 1. The highest BCUT2D eigenvalue weighted by Crippen LogP contribution is 2.35. The van der Waals surface area contributed by atoms with E-state index in [2.05, 4.69) is 27.0 Å². The molecule has 0 aromatic carbocycles. The molecule has 0 unspecified atom stereocenters. The number of fused-ring (bicyclic) bond motifs is 1. The number of carboxylic acids is 1. The van der Waals surface area contributed by atoms with Gasteiger partial charge >= 0.3 is 12.1 Å². The maximum atomic E-state index is 11.8. The fourth-order valence-corrected chi connectivity index (χ4v) is 4.45. The van der Waals surface area contributed by atoms with Crippen molar-refractivity contribution in [2.75, 3.05) is 26.2 Å². The number of amides is 1. The van der Waals surface area contributed by atoms with Gasteiger partial charge in [-0.25, -0.2) is 4.79 Å². The van der Waals surface area contributed by atoms with Crippen molar-refractivity contribution in [1.82, 2.24) is 10.2 Å². The normalized spacial score (nSPS) is 26.9. The molecule has 0 radical (unpaired) electrons. The Morgan fingerprint density at radius 3 is 2.62 bits per heavy atom. The molecule has 1 saturated carbocycles. The third-order valence-corrected chi connectivity index (χ3v) is 6.28. The first-order valence-electron chi connectivity index (χ1n) is 9.67. The number of carboxylic acid groups (broad SMARTS) is 1. The van der Waals surface area contributed by atoms with E-state index in [1.54, 1.807) is 11.3 Å². The van der Waals surface area contributed by atoms with Gasteiger partial charge in [0.15, 0.2) is 0 Å². The molecule has 3 heterocycles. The van der Waals surface area contributed by atoms with E-state index >= 15 is 0 Å². The summed E-state index contributed by atoms with van der Waals surface area (Å²) in [4.78, 5) is 23.3. The van der Waals surface area contributed by atoms with Crippen molar-refractivity contribution in [3.05, 3.63) is 22.4 Å². The van der Waals surface area contributed by atoms with Crippen molar-refractivity contribution in [2.45, 2.75) is 38.1 Å². The number of carbonyl (C=O) groups is 2. The zero-order valence-corrected chi connectivity index (χ0v) is 16.7. The van der Waals surface area contributed by atoms with Crippen molar-refractivity contribution < 1.29 is 32.6 Å². The summed E-state index contributed by atoms with van der Waals surface area (Å²) >= 11 is 1.77. The molecule has 29 heavy (non-hydrogen) atoms. The van der Waals surface area contributed by atoms with E-state index in [0.717, 1.165) is 32.5 Å². The van der Waals surface area contributed by atoms with Gasteiger partial charge in [-0.15, -0.1) is 0 Å². The molecule has 0 bridgehead atoms. The van der Waals surface area contributed by atoms with Gasteiger partial charge in [0.05, 0.1) is 12.7 Å². The maximum Gasteiger partial charge on any atom is 0.490 e. The van der Waals surface area contributed by atoms with Gasteiger partial charge in [0.25, 0.3) is 0 Å². The molecule has 162 valence electrons. The van der Waals surface area contributed by atoms with Crippen LogP contribution in [0.5, 0.6) is 0 Å². The van der Waals surface area contributed by atoms with Crippen molar-refractivity contribution in [2.24, 2.45) is 17.8 Å². The summed E-state index contributed by atoms with van der Waals surface area (Å²) in [6, 6.07) is 2.22. The minimum absolute atomic E-state index is 0.206. The molecule has 1 amide bonds. The lowest BCUT2D eigenvalue weighted by molar-refractivity contribution is -0.192. The van der Waals surface area contributed by atoms with Crippen LogP contribution in [0.2, 0.25) is 0 Å². The van der Waals surface area contributed by atoms with Gasteiger partial charge in [-0.3, -0.25) is 9.69 Å². The number of thiophene rings is 1. The summed E-state index contributed by atoms with van der Waals surface area (Å²) in [7, 11) is 0.